The quantitative estimate of drug-likeness (QED) is 0.796. The normalized spacial score (nSPS) is 11.9. The number of sulfonamides is 1. The number of halogens is 2. The fourth-order valence-electron chi connectivity index (χ4n) is 1.50. The standard InChI is InChI=1S/C14H11Cl2NO2S/c1-10-2-6-13(7-3-10)20(18,19)17-9-11-4-5-12(15)8-14(11)16/h2-9H,1H3/b17-9-. The van der Waals surface area contributed by atoms with Gasteiger partial charge in [-0.3, -0.25) is 0 Å². The summed E-state index contributed by atoms with van der Waals surface area (Å²) < 4.78 is 27.7. The summed E-state index contributed by atoms with van der Waals surface area (Å²) in [6.07, 6.45) is 1.22. The van der Waals surface area contributed by atoms with Gasteiger partial charge in [0.25, 0.3) is 10.0 Å². The molecule has 0 aliphatic rings. The molecule has 104 valence electrons. The number of nitrogens with zero attached hydrogens (tertiary/aromatic N) is 1. The zero-order valence-corrected chi connectivity index (χ0v) is 12.9. The van der Waals surface area contributed by atoms with Gasteiger partial charge in [-0.25, -0.2) is 0 Å². The van der Waals surface area contributed by atoms with Gasteiger partial charge in [0.15, 0.2) is 0 Å². The molecule has 0 N–H and O–H groups in total. The molecule has 2 aromatic carbocycles. The highest BCUT2D eigenvalue weighted by atomic mass is 35.5. The highest BCUT2D eigenvalue weighted by molar-refractivity contribution is 7.90. The predicted molar refractivity (Wildman–Crippen MR) is 82.4 cm³/mol. The number of hydrogen-bond acceptors (Lipinski definition) is 2. The molecule has 0 unspecified atom stereocenters. The topological polar surface area (TPSA) is 46.5 Å². The van der Waals surface area contributed by atoms with Crippen molar-refractivity contribution in [3.63, 3.8) is 0 Å². The number of rotatable bonds is 3. The van der Waals surface area contributed by atoms with Crippen molar-refractivity contribution in [3.05, 3.63) is 63.6 Å². The van der Waals surface area contributed by atoms with Crippen molar-refractivity contribution in [2.75, 3.05) is 0 Å². The average Bonchev–Trinajstić information content (AvgIpc) is 2.38. The lowest BCUT2D eigenvalue weighted by atomic mass is 10.2. The molecule has 2 aromatic rings. The van der Waals surface area contributed by atoms with Crippen LogP contribution in [0.4, 0.5) is 0 Å². The van der Waals surface area contributed by atoms with E-state index in [0.29, 0.717) is 15.6 Å². The van der Waals surface area contributed by atoms with Gasteiger partial charge >= 0.3 is 0 Å². The van der Waals surface area contributed by atoms with E-state index in [4.69, 9.17) is 23.2 Å². The molecular formula is C14H11Cl2NO2S. The summed E-state index contributed by atoms with van der Waals surface area (Å²) in [7, 11) is -3.72. The Labute approximate surface area is 127 Å². The zero-order valence-electron chi connectivity index (χ0n) is 10.5. The van der Waals surface area contributed by atoms with Crippen molar-refractivity contribution >= 4 is 39.4 Å². The van der Waals surface area contributed by atoms with Crippen LogP contribution >= 0.6 is 23.2 Å². The molecule has 0 aliphatic carbocycles. The molecule has 0 aliphatic heterocycles. The monoisotopic (exact) mass is 327 g/mol. The summed E-state index contributed by atoms with van der Waals surface area (Å²) >= 11 is 11.7. The van der Waals surface area contributed by atoms with Gasteiger partial charge in [-0.05, 0) is 31.2 Å². The molecule has 0 radical (unpaired) electrons. The van der Waals surface area contributed by atoms with Gasteiger partial charge in [-0.2, -0.15) is 12.8 Å². The van der Waals surface area contributed by atoms with E-state index in [1.54, 1.807) is 24.3 Å². The van der Waals surface area contributed by atoms with Crippen LogP contribution in [0.25, 0.3) is 0 Å². The molecule has 20 heavy (non-hydrogen) atoms. The lowest BCUT2D eigenvalue weighted by molar-refractivity contribution is 0.598. The summed E-state index contributed by atoms with van der Waals surface area (Å²) in [6.45, 7) is 1.88. The second kappa shape index (κ2) is 5.95. The number of benzene rings is 2. The first kappa shape index (κ1) is 15.0. The smallest absolute Gasteiger partial charge is 0.199 e. The van der Waals surface area contributed by atoms with E-state index < -0.39 is 10.0 Å². The maximum absolute atomic E-state index is 12.0. The highest BCUT2D eigenvalue weighted by Crippen LogP contribution is 2.20. The van der Waals surface area contributed by atoms with Gasteiger partial charge in [-0.1, -0.05) is 47.0 Å². The fourth-order valence-corrected chi connectivity index (χ4v) is 2.81. The third-order valence-corrected chi connectivity index (χ3v) is 4.43. The van der Waals surface area contributed by atoms with E-state index in [9.17, 15) is 8.42 Å². The van der Waals surface area contributed by atoms with Crippen molar-refractivity contribution < 1.29 is 8.42 Å². The first-order valence-corrected chi connectivity index (χ1v) is 7.90. The Morgan fingerprint density at radius 3 is 2.30 bits per heavy atom. The minimum absolute atomic E-state index is 0.143. The fraction of sp³-hybridized carbons (Fsp3) is 0.0714. The Morgan fingerprint density at radius 2 is 1.70 bits per heavy atom. The van der Waals surface area contributed by atoms with Gasteiger partial charge in [-0.15, -0.1) is 0 Å². The van der Waals surface area contributed by atoms with Gasteiger partial charge < -0.3 is 0 Å². The Balaban J connectivity index is 2.32. The van der Waals surface area contributed by atoms with Gasteiger partial charge in [0.2, 0.25) is 0 Å². The van der Waals surface area contributed by atoms with Crippen molar-refractivity contribution in [1.82, 2.24) is 0 Å². The molecular weight excluding hydrogens is 317 g/mol. The second-order valence-electron chi connectivity index (χ2n) is 4.19. The molecule has 0 heterocycles. The van der Waals surface area contributed by atoms with E-state index in [1.165, 1.54) is 24.4 Å². The Kier molecular flexibility index (Phi) is 4.48. The molecule has 2 rings (SSSR count). The number of aryl methyl sites for hydroxylation is 1. The van der Waals surface area contributed by atoms with Crippen LogP contribution < -0.4 is 0 Å². The lowest BCUT2D eigenvalue weighted by Crippen LogP contribution is -1.98. The van der Waals surface area contributed by atoms with E-state index >= 15 is 0 Å². The van der Waals surface area contributed by atoms with Crippen molar-refractivity contribution in [1.29, 1.82) is 0 Å². The SMILES string of the molecule is Cc1ccc(S(=O)(=O)/N=C\c2ccc(Cl)cc2Cl)cc1. The van der Waals surface area contributed by atoms with Gasteiger partial charge in [0, 0.05) is 16.8 Å². The molecule has 0 saturated heterocycles. The van der Waals surface area contributed by atoms with Crippen LogP contribution in [0.15, 0.2) is 51.8 Å². The summed E-state index contributed by atoms with van der Waals surface area (Å²) in [4.78, 5) is 0.143. The lowest BCUT2D eigenvalue weighted by Gasteiger charge is -2.00. The third kappa shape index (κ3) is 3.60. The van der Waals surface area contributed by atoms with Crippen LogP contribution in [-0.4, -0.2) is 14.6 Å². The molecule has 0 aromatic heterocycles. The van der Waals surface area contributed by atoms with Crippen molar-refractivity contribution in [3.8, 4) is 0 Å². The molecule has 0 amide bonds. The Bertz CT molecular complexity index is 753. The van der Waals surface area contributed by atoms with Crippen molar-refractivity contribution in [2.24, 2.45) is 4.40 Å². The van der Waals surface area contributed by atoms with E-state index in [0.717, 1.165) is 5.56 Å². The zero-order chi connectivity index (χ0) is 14.8. The van der Waals surface area contributed by atoms with Crippen molar-refractivity contribution in [2.45, 2.75) is 11.8 Å². The van der Waals surface area contributed by atoms with Crippen LogP contribution in [0, 0.1) is 6.92 Å². The number of hydrogen-bond donors (Lipinski definition) is 0. The van der Waals surface area contributed by atoms with Crippen LogP contribution in [0.3, 0.4) is 0 Å². The summed E-state index contributed by atoms with van der Waals surface area (Å²) in [6, 6.07) is 11.2. The van der Waals surface area contributed by atoms with Crippen LogP contribution in [0.1, 0.15) is 11.1 Å². The molecule has 6 heteroatoms. The van der Waals surface area contributed by atoms with Crippen LogP contribution in [0.2, 0.25) is 10.0 Å². The summed E-state index contributed by atoms with van der Waals surface area (Å²) in [5.41, 5.74) is 1.47. The Hall–Kier alpha value is -1.36. The first-order chi connectivity index (χ1) is 9.38. The van der Waals surface area contributed by atoms with Gasteiger partial charge in [0.1, 0.15) is 0 Å². The van der Waals surface area contributed by atoms with E-state index in [1.807, 2.05) is 6.92 Å². The molecule has 3 nitrogen and oxygen atoms in total. The van der Waals surface area contributed by atoms with Crippen LogP contribution in [-0.2, 0) is 10.0 Å². The molecule has 0 atom stereocenters. The van der Waals surface area contributed by atoms with E-state index in [-0.39, 0.29) is 4.90 Å². The summed E-state index contributed by atoms with van der Waals surface area (Å²) in [5.74, 6) is 0. The van der Waals surface area contributed by atoms with E-state index in [2.05, 4.69) is 4.40 Å². The third-order valence-electron chi connectivity index (χ3n) is 2.61. The predicted octanol–water partition coefficient (Wildman–Crippen LogP) is 4.11. The minimum atomic E-state index is -3.72. The molecule has 0 spiro atoms. The van der Waals surface area contributed by atoms with Gasteiger partial charge in [0.05, 0.1) is 9.92 Å². The maximum atomic E-state index is 12.0. The summed E-state index contributed by atoms with van der Waals surface area (Å²) in [5, 5.41) is 0.828. The molecule has 0 fully saturated rings. The second-order valence-corrected chi connectivity index (χ2v) is 6.66. The molecule has 0 saturated carbocycles. The average molecular weight is 328 g/mol. The van der Waals surface area contributed by atoms with Crippen LogP contribution in [0.5, 0.6) is 0 Å². The molecule has 0 bridgehead atoms. The largest absolute Gasteiger partial charge is 0.282 e. The first-order valence-electron chi connectivity index (χ1n) is 5.70. The maximum Gasteiger partial charge on any atom is 0.282 e. The minimum Gasteiger partial charge on any atom is -0.199 e. The Morgan fingerprint density at radius 1 is 1.05 bits per heavy atom. The highest BCUT2D eigenvalue weighted by Gasteiger charge is 2.11.